The van der Waals surface area contributed by atoms with E-state index >= 15 is 0 Å². The predicted molar refractivity (Wildman–Crippen MR) is 65.3 cm³/mol. The van der Waals surface area contributed by atoms with Gasteiger partial charge in [-0.2, -0.15) is 4.98 Å². The van der Waals surface area contributed by atoms with Crippen LogP contribution in [0.15, 0.2) is 15.1 Å². The lowest BCUT2D eigenvalue weighted by atomic mass is 10.3. The van der Waals surface area contributed by atoms with Gasteiger partial charge < -0.3 is 14.4 Å². The fraction of sp³-hybridized carbons (Fsp3) is 0.500. The van der Waals surface area contributed by atoms with E-state index in [2.05, 4.69) is 20.6 Å². The number of carbonyl (C=O) groups excluding carboxylic acids is 1. The molecule has 0 bridgehead atoms. The highest BCUT2D eigenvalue weighted by molar-refractivity contribution is 5.77. The number of aromatic nitrogens is 3. The zero-order valence-electron chi connectivity index (χ0n) is 11.0. The highest BCUT2D eigenvalue weighted by Crippen LogP contribution is 2.03. The molecule has 1 amide bonds. The molecule has 0 aliphatic rings. The Balaban J connectivity index is 1.71. The number of aryl methyl sites for hydroxylation is 2. The maximum Gasteiger partial charge on any atom is 0.228 e. The normalized spacial score (nSPS) is 10.6. The summed E-state index contributed by atoms with van der Waals surface area (Å²) in [5.41, 5.74) is 0.765. The first kappa shape index (κ1) is 13.3. The summed E-state index contributed by atoms with van der Waals surface area (Å²) in [6, 6.07) is 1.74. The van der Waals surface area contributed by atoms with Gasteiger partial charge in [0.05, 0.1) is 12.1 Å². The van der Waals surface area contributed by atoms with Crippen LogP contribution >= 0.6 is 0 Å². The maximum absolute atomic E-state index is 11.6. The number of nitrogens with zero attached hydrogens (tertiary/aromatic N) is 3. The predicted octanol–water partition coefficient (Wildman–Crippen LogP) is 0.830. The van der Waals surface area contributed by atoms with E-state index in [9.17, 15) is 4.79 Å². The van der Waals surface area contributed by atoms with Crippen molar-refractivity contribution in [3.05, 3.63) is 29.2 Å². The molecule has 0 saturated heterocycles. The van der Waals surface area contributed by atoms with Crippen molar-refractivity contribution >= 4 is 5.91 Å². The number of nitrogens with one attached hydrogen (secondary N) is 1. The Hall–Kier alpha value is -2.18. The van der Waals surface area contributed by atoms with Gasteiger partial charge in [-0.1, -0.05) is 17.2 Å². The zero-order valence-corrected chi connectivity index (χ0v) is 11.0. The van der Waals surface area contributed by atoms with Crippen LogP contribution in [0.4, 0.5) is 0 Å². The molecule has 0 spiro atoms. The minimum Gasteiger partial charge on any atom is -0.361 e. The lowest BCUT2D eigenvalue weighted by Gasteiger charge is -2.00. The van der Waals surface area contributed by atoms with Crippen LogP contribution in [0, 0.1) is 6.92 Å². The van der Waals surface area contributed by atoms with E-state index in [0.29, 0.717) is 30.4 Å². The quantitative estimate of drug-likeness (QED) is 0.830. The summed E-state index contributed by atoms with van der Waals surface area (Å²) in [5.74, 6) is 1.65. The highest BCUT2D eigenvalue weighted by atomic mass is 16.5. The zero-order chi connectivity index (χ0) is 13.7. The van der Waals surface area contributed by atoms with Gasteiger partial charge in [0.15, 0.2) is 5.82 Å². The van der Waals surface area contributed by atoms with Gasteiger partial charge in [0.25, 0.3) is 0 Å². The smallest absolute Gasteiger partial charge is 0.228 e. The first-order valence-corrected chi connectivity index (χ1v) is 6.17. The molecule has 2 heterocycles. The topological polar surface area (TPSA) is 94.1 Å². The van der Waals surface area contributed by atoms with Gasteiger partial charge in [-0.3, -0.25) is 4.79 Å². The second-order valence-electron chi connectivity index (χ2n) is 4.17. The van der Waals surface area contributed by atoms with E-state index in [1.54, 1.807) is 6.07 Å². The van der Waals surface area contributed by atoms with Gasteiger partial charge in [0.2, 0.25) is 11.8 Å². The summed E-state index contributed by atoms with van der Waals surface area (Å²) < 4.78 is 9.98. The molecular formula is C12H16N4O3. The van der Waals surface area contributed by atoms with Crippen LogP contribution in [0.5, 0.6) is 0 Å². The SMILES string of the molecule is CCc1noc(CCNC(=O)Cc2cc(C)no2)n1. The molecule has 102 valence electrons. The Morgan fingerprint density at radius 1 is 1.37 bits per heavy atom. The van der Waals surface area contributed by atoms with Gasteiger partial charge in [0.1, 0.15) is 5.76 Å². The second kappa shape index (κ2) is 6.12. The highest BCUT2D eigenvalue weighted by Gasteiger charge is 2.09. The van der Waals surface area contributed by atoms with Crippen molar-refractivity contribution < 1.29 is 13.8 Å². The first-order valence-electron chi connectivity index (χ1n) is 6.17. The van der Waals surface area contributed by atoms with E-state index in [-0.39, 0.29) is 12.3 Å². The van der Waals surface area contributed by atoms with Gasteiger partial charge in [-0.25, -0.2) is 0 Å². The molecule has 1 N–H and O–H groups in total. The summed E-state index contributed by atoms with van der Waals surface area (Å²) in [4.78, 5) is 15.8. The van der Waals surface area contributed by atoms with Crippen LogP contribution in [0.3, 0.4) is 0 Å². The van der Waals surface area contributed by atoms with Gasteiger partial charge >= 0.3 is 0 Å². The summed E-state index contributed by atoms with van der Waals surface area (Å²) in [5, 5.41) is 10.3. The average molecular weight is 264 g/mol. The molecule has 0 radical (unpaired) electrons. The van der Waals surface area contributed by atoms with E-state index in [0.717, 1.165) is 12.1 Å². The Morgan fingerprint density at radius 3 is 2.84 bits per heavy atom. The summed E-state index contributed by atoms with van der Waals surface area (Å²) in [6.45, 7) is 4.22. The van der Waals surface area contributed by atoms with E-state index in [4.69, 9.17) is 9.05 Å². The first-order chi connectivity index (χ1) is 9.17. The number of hydrogen-bond donors (Lipinski definition) is 1. The van der Waals surface area contributed by atoms with Crippen LogP contribution in [0.25, 0.3) is 0 Å². The molecule has 2 aromatic heterocycles. The van der Waals surface area contributed by atoms with Crippen molar-refractivity contribution in [1.29, 1.82) is 0 Å². The lowest BCUT2D eigenvalue weighted by Crippen LogP contribution is -2.27. The largest absolute Gasteiger partial charge is 0.361 e. The number of carbonyl (C=O) groups is 1. The molecule has 0 saturated carbocycles. The Labute approximate surface area is 110 Å². The van der Waals surface area contributed by atoms with Crippen molar-refractivity contribution in [1.82, 2.24) is 20.6 Å². The van der Waals surface area contributed by atoms with Gasteiger partial charge in [0, 0.05) is 25.5 Å². The fourth-order valence-electron chi connectivity index (χ4n) is 1.56. The minimum atomic E-state index is -0.119. The molecule has 0 aromatic carbocycles. The summed E-state index contributed by atoms with van der Waals surface area (Å²) >= 11 is 0. The Morgan fingerprint density at radius 2 is 2.21 bits per heavy atom. The average Bonchev–Trinajstić information content (AvgIpc) is 2.98. The molecule has 0 atom stereocenters. The third-order valence-corrected chi connectivity index (χ3v) is 2.50. The van der Waals surface area contributed by atoms with Crippen molar-refractivity contribution in [3.8, 4) is 0 Å². The molecule has 19 heavy (non-hydrogen) atoms. The summed E-state index contributed by atoms with van der Waals surface area (Å²) in [6.07, 6.45) is 1.44. The molecule has 0 aliphatic carbocycles. The van der Waals surface area contributed by atoms with Crippen LogP contribution < -0.4 is 5.32 Å². The maximum atomic E-state index is 11.6. The van der Waals surface area contributed by atoms with Crippen LogP contribution in [-0.2, 0) is 24.1 Å². The van der Waals surface area contributed by atoms with E-state index < -0.39 is 0 Å². The third-order valence-electron chi connectivity index (χ3n) is 2.50. The molecule has 7 nitrogen and oxygen atoms in total. The Bertz CT molecular complexity index is 547. The fourth-order valence-corrected chi connectivity index (χ4v) is 1.56. The lowest BCUT2D eigenvalue weighted by molar-refractivity contribution is -0.120. The van der Waals surface area contributed by atoms with Crippen molar-refractivity contribution in [3.63, 3.8) is 0 Å². The van der Waals surface area contributed by atoms with Crippen molar-refractivity contribution in [2.75, 3.05) is 6.54 Å². The standard InChI is InChI=1S/C12H16N4O3/c1-3-10-14-12(19-16-10)4-5-13-11(17)7-9-6-8(2)15-18-9/h6H,3-5,7H2,1-2H3,(H,13,17). The number of rotatable bonds is 6. The number of hydrogen-bond acceptors (Lipinski definition) is 6. The monoisotopic (exact) mass is 264 g/mol. The Kier molecular flexibility index (Phi) is 4.27. The van der Waals surface area contributed by atoms with Crippen LogP contribution in [0.2, 0.25) is 0 Å². The van der Waals surface area contributed by atoms with Gasteiger partial charge in [-0.15, -0.1) is 0 Å². The van der Waals surface area contributed by atoms with Crippen molar-refractivity contribution in [2.24, 2.45) is 0 Å². The molecule has 0 fully saturated rings. The summed E-state index contributed by atoms with van der Waals surface area (Å²) in [7, 11) is 0. The second-order valence-corrected chi connectivity index (χ2v) is 4.17. The van der Waals surface area contributed by atoms with Crippen LogP contribution in [0.1, 0.15) is 30.1 Å². The molecule has 0 aliphatic heterocycles. The molecule has 2 aromatic rings. The van der Waals surface area contributed by atoms with Crippen molar-refractivity contribution in [2.45, 2.75) is 33.1 Å². The molecule has 0 unspecified atom stereocenters. The minimum absolute atomic E-state index is 0.119. The van der Waals surface area contributed by atoms with Crippen LogP contribution in [-0.4, -0.2) is 27.7 Å². The molecule has 2 rings (SSSR count). The third kappa shape index (κ3) is 3.90. The molecule has 7 heteroatoms. The van der Waals surface area contributed by atoms with E-state index in [1.807, 2.05) is 13.8 Å². The van der Waals surface area contributed by atoms with Gasteiger partial charge in [-0.05, 0) is 6.92 Å². The number of amides is 1. The van der Waals surface area contributed by atoms with E-state index in [1.165, 1.54) is 0 Å². The molecular weight excluding hydrogens is 248 g/mol.